The second-order valence-electron chi connectivity index (χ2n) is 10.7. The number of carbonyl (C=O) groups excluding carboxylic acids is 1. The van der Waals surface area contributed by atoms with Gasteiger partial charge in [0.2, 0.25) is 0 Å². The van der Waals surface area contributed by atoms with Crippen LogP contribution in [0, 0.1) is 13.8 Å². The third-order valence-corrected chi connectivity index (χ3v) is 8.03. The van der Waals surface area contributed by atoms with Gasteiger partial charge >= 0.3 is 0 Å². The van der Waals surface area contributed by atoms with Gasteiger partial charge in [0, 0.05) is 34.4 Å². The molecule has 5 rings (SSSR count). The van der Waals surface area contributed by atoms with Crippen molar-refractivity contribution in [2.24, 2.45) is 0 Å². The molecule has 1 aromatic heterocycles. The summed E-state index contributed by atoms with van der Waals surface area (Å²) in [6, 6.07) is 34.0. The molecule has 0 spiro atoms. The van der Waals surface area contributed by atoms with E-state index in [2.05, 4.69) is 110 Å². The van der Waals surface area contributed by atoms with E-state index in [-0.39, 0.29) is 11.8 Å². The Kier molecular flexibility index (Phi) is 8.02. The minimum Gasteiger partial charge on any atom is -0.378 e. The number of ketones is 1. The van der Waals surface area contributed by atoms with Gasteiger partial charge in [-0.15, -0.1) is 0 Å². The molecule has 0 fully saturated rings. The molecular formula is C37H38N2O. The lowest BCUT2D eigenvalue weighted by atomic mass is 9.97. The van der Waals surface area contributed by atoms with Crippen LogP contribution in [0.15, 0.2) is 104 Å². The Morgan fingerprint density at radius 1 is 0.900 bits per heavy atom. The first kappa shape index (κ1) is 27.2. The quantitative estimate of drug-likeness (QED) is 0.184. The number of benzene rings is 4. The second kappa shape index (κ2) is 11.8. The second-order valence-corrected chi connectivity index (χ2v) is 10.7. The molecule has 0 saturated carbocycles. The molecule has 0 aliphatic heterocycles. The monoisotopic (exact) mass is 526 g/mol. The van der Waals surface area contributed by atoms with Gasteiger partial charge < -0.3 is 9.88 Å². The number of aryl methyl sites for hydroxylation is 1. The normalized spacial score (nSPS) is 11.9. The molecule has 40 heavy (non-hydrogen) atoms. The first-order chi connectivity index (χ1) is 19.4. The first-order valence-corrected chi connectivity index (χ1v) is 14.2. The smallest absolute Gasteiger partial charge is 0.160 e. The average Bonchev–Trinajstić information content (AvgIpc) is 3.22. The Morgan fingerprint density at radius 2 is 1.60 bits per heavy atom. The topological polar surface area (TPSA) is 34.0 Å². The van der Waals surface area contributed by atoms with E-state index in [0.717, 1.165) is 47.3 Å². The van der Waals surface area contributed by atoms with Gasteiger partial charge in [0.25, 0.3) is 0 Å². The van der Waals surface area contributed by atoms with E-state index in [1.54, 1.807) is 6.92 Å². The summed E-state index contributed by atoms with van der Waals surface area (Å²) < 4.78 is 2.40. The molecule has 1 heterocycles. The van der Waals surface area contributed by atoms with E-state index >= 15 is 0 Å². The van der Waals surface area contributed by atoms with Gasteiger partial charge in [-0.1, -0.05) is 105 Å². The van der Waals surface area contributed by atoms with Crippen molar-refractivity contribution < 1.29 is 4.79 Å². The highest BCUT2D eigenvalue weighted by molar-refractivity contribution is 6.00. The van der Waals surface area contributed by atoms with Crippen molar-refractivity contribution in [2.75, 3.05) is 0 Å². The SMILES string of the molecule is C=C(N[C@@H](CCC)c1ccccc1)c1ccc2c(c1)c(C)c(C)n2Cc1ccc(-c2ccccc2C(C)=O)cc1. The summed E-state index contributed by atoms with van der Waals surface area (Å²) >= 11 is 0. The molecule has 3 nitrogen and oxygen atoms in total. The summed E-state index contributed by atoms with van der Waals surface area (Å²) in [6.45, 7) is 13.5. The highest BCUT2D eigenvalue weighted by Gasteiger charge is 2.16. The number of hydrogen-bond donors (Lipinski definition) is 1. The lowest BCUT2D eigenvalue weighted by Crippen LogP contribution is -2.19. The minimum atomic E-state index is 0.0859. The molecule has 5 aromatic rings. The van der Waals surface area contributed by atoms with Crippen LogP contribution < -0.4 is 5.32 Å². The van der Waals surface area contributed by atoms with Crippen LogP contribution in [0.3, 0.4) is 0 Å². The molecule has 1 atom stereocenters. The van der Waals surface area contributed by atoms with Crippen LogP contribution in [0.2, 0.25) is 0 Å². The maximum Gasteiger partial charge on any atom is 0.160 e. The predicted molar refractivity (Wildman–Crippen MR) is 169 cm³/mol. The zero-order chi connectivity index (χ0) is 28.2. The largest absolute Gasteiger partial charge is 0.378 e. The van der Waals surface area contributed by atoms with Gasteiger partial charge in [0.15, 0.2) is 5.78 Å². The van der Waals surface area contributed by atoms with E-state index < -0.39 is 0 Å². The van der Waals surface area contributed by atoms with Gasteiger partial charge in [0.1, 0.15) is 0 Å². The summed E-state index contributed by atoms with van der Waals surface area (Å²) in [6.07, 6.45) is 2.16. The Balaban J connectivity index is 1.39. The summed E-state index contributed by atoms with van der Waals surface area (Å²) in [4.78, 5) is 12.1. The minimum absolute atomic E-state index is 0.0859. The van der Waals surface area contributed by atoms with Crippen LogP contribution in [0.4, 0.5) is 0 Å². The van der Waals surface area contributed by atoms with Crippen molar-refractivity contribution >= 4 is 22.4 Å². The van der Waals surface area contributed by atoms with Crippen LogP contribution in [0.1, 0.15) is 71.0 Å². The highest BCUT2D eigenvalue weighted by Crippen LogP contribution is 2.31. The van der Waals surface area contributed by atoms with Crippen molar-refractivity contribution in [3.05, 3.63) is 137 Å². The number of fused-ring (bicyclic) bond motifs is 1. The summed E-state index contributed by atoms with van der Waals surface area (Å²) in [5, 5.41) is 4.96. The standard InChI is InChI=1S/C37H38N2O/c1-6-12-36(31-13-8-7-9-14-31)38-26(3)32-21-22-37-35(23-32)25(2)27(4)39(37)24-29-17-19-30(20-18-29)34-16-11-10-15-33(34)28(5)40/h7-11,13-23,36,38H,3,6,12,24H2,1-2,4-5H3/t36-/m0/s1. The lowest BCUT2D eigenvalue weighted by molar-refractivity contribution is 0.101. The van der Waals surface area contributed by atoms with Crippen molar-refractivity contribution in [2.45, 2.75) is 53.1 Å². The molecule has 0 aliphatic carbocycles. The Labute approximate surface area is 238 Å². The van der Waals surface area contributed by atoms with Gasteiger partial charge in [-0.05, 0) is 72.7 Å². The molecule has 202 valence electrons. The fourth-order valence-corrected chi connectivity index (χ4v) is 5.65. The van der Waals surface area contributed by atoms with E-state index in [1.807, 2.05) is 24.3 Å². The van der Waals surface area contributed by atoms with Gasteiger partial charge in [-0.2, -0.15) is 0 Å². The predicted octanol–water partition coefficient (Wildman–Crippen LogP) is 9.28. The molecule has 0 amide bonds. The molecule has 1 N–H and O–H groups in total. The number of carbonyl (C=O) groups is 1. The molecule has 0 aliphatic rings. The van der Waals surface area contributed by atoms with Crippen LogP contribution in [0.25, 0.3) is 27.7 Å². The van der Waals surface area contributed by atoms with Crippen molar-refractivity contribution in [3.8, 4) is 11.1 Å². The molecule has 0 radical (unpaired) electrons. The number of nitrogens with one attached hydrogen (secondary N) is 1. The van der Waals surface area contributed by atoms with E-state index in [1.165, 1.54) is 33.3 Å². The summed E-state index contributed by atoms with van der Waals surface area (Å²) in [5.41, 5.74) is 11.2. The lowest BCUT2D eigenvalue weighted by Gasteiger charge is -2.22. The fourth-order valence-electron chi connectivity index (χ4n) is 5.65. The molecule has 3 heteroatoms. The number of aromatic nitrogens is 1. The summed E-state index contributed by atoms with van der Waals surface area (Å²) in [5.74, 6) is 0.0859. The Morgan fingerprint density at radius 3 is 2.30 bits per heavy atom. The Bertz CT molecular complexity index is 1660. The molecular weight excluding hydrogens is 488 g/mol. The van der Waals surface area contributed by atoms with Crippen molar-refractivity contribution in [1.29, 1.82) is 0 Å². The van der Waals surface area contributed by atoms with Crippen LogP contribution in [-0.2, 0) is 6.54 Å². The molecule has 0 saturated heterocycles. The fraction of sp³-hybridized carbons (Fsp3) is 0.216. The van der Waals surface area contributed by atoms with E-state index in [4.69, 9.17) is 0 Å². The van der Waals surface area contributed by atoms with Gasteiger partial charge in [0.05, 0.1) is 6.04 Å². The zero-order valence-corrected chi connectivity index (χ0v) is 24.0. The van der Waals surface area contributed by atoms with Crippen molar-refractivity contribution in [3.63, 3.8) is 0 Å². The molecule has 0 bridgehead atoms. The van der Waals surface area contributed by atoms with E-state index in [0.29, 0.717) is 0 Å². The number of nitrogens with zero attached hydrogens (tertiary/aromatic N) is 1. The van der Waals surface area contributed by atoms with Gasteiger partial charge in [-0.3, -0.25) is 4.79 Å². The van der Waals surface area contributed by atoms with Crippen LogP contribution >= 0.6 is 0 Å². The number of Topliss-reactive ketones (excluding diaryl/α,β-unsaturated/α-hetero) is 1. The average molecular weight is 527 g/mol. The van der Waals surface area contributed by atoms with Gasteiger partial charge in [-0.25, -0.2) is 0 Å². The van der Waals surface area contributed by atoms with Crippen LogP contribution in [0.5, 0.6) is 0 Å². The maximum atomic E-state index is 12.1. The molecule has 4 aromatic carbocycles. The van der Waals surface area contributed by atoms with Crippen LogP contribution in [-0.4, -0.2) is 10.4 Å². The molecule has 0 unspecified atom stereocenters. The maximum absolute atomic E-state index is 12.1. The zero-order valence-electron chi connectivity index (χ0n) is 24.0. The number of rotatable bonds is 10. The highest BCUT2D eigenvalue weighted by atomic mass is 16.1. The Hall–Kier alpha value is -4.37. The third-order valence-electron chi connectivity index (χ3n) is 8.03. The van der Waals surface area contributed by atoms with E-state index in [9.17, 15) is 4.79 Å². The third kappa shape index (κ3) is 5.51. The number of hydrogen-bond acceptors (Lipinski definition) is 2. The first-order valence-electron chi connectivity index (χ1n) is 14.2. The summed E-state index contributed by atoms with van der Waals surface area (Å²) in [7, 11) is 0. The van der Waals surface area contributed by atoms with Crippen molar-refractivity contribution in [1.82, 2.24) is 9.88 Å².